The average Bonchev–Trinajstić information content (AvgIpc) is 2.80. The van der Waals surface area contributed by atoms with Crippen molar-refractivity contribution in [3.63, 3.8) is 0 Å². The number of nitrogens with one attached hydrogen (secondary N) is 2. The van der Waals surface area contributed by atoms with Crippen LogP contribution in [0.5, 0.6) is 0 Å². The molecule has 2 rings (SSSR count). The molecule has 1 amide bonds. The van der Waals surface area contributed by atoms with Gasteiger partial charge >= 0.3 is 0 Å². The first kappa shape index (κ1) is 12.7. The van der Waals surface area contributed by atoms with Crippen LogP contribution in [-0.2, 0) is 11.2 Å². The third kappa shape index (κ3) is 3.36. The maximum atomic E-state index is 13.5. The molecule has 5 nitrogen and oxygen atoms in total. The number of nitrogens with zero attached hydrogens (tertiary/aromatic N) is 2. The molecule has 2 aromatic rings. The highest BCUT2D eigenvalue weighted by atomic mass is 79.9. The summed E-state index contributed by atoms with van der Waals surface area (Å²) >= 11 is 3.18. The highest BCUT2D eigenvalue weighted by Gasteiger charge is 2.08. The first-order valence-corrected chi connectivity index (χ1v) is 6.03. The molecule has 0 radical (unpaired) electrons. The van der Waals surface area contributed by atoms with E-state index in [1.807, 2.05) is 0 Å². The van der Waals surface area contributed by atoms with E-state index in [0.29, 0.717) is 16.5 Å². The van der Waals surface area contributed by atoms with Crippen LogP contribution in [0.15, 0.2) is 29.0 Å². The van der Waals surface area contributed by atoms with Gasteiger partial charge in [0.25, 0.3) is 0 Å². The van der Waals surface area contributed by atoms with Crippen LogP contribution in [0.3, 0.4) is 0 Å². The molecule has 0 fully saturated rings. The molecule has 0 saturated carbocycles. The number of aromatic amines is 1. The summed E-state index contributed by atoms with van der Waals surface area (Å²) in [6.45, 7) is 0. The molecular formula is C11H10BrFN4O. The monoisotopic (exact) mass is 312 g/mol. The van der Waals surface area contributed by atoms with Crippen molar-refractivity contribution in [2.75, 3.05) is 5.32 Å². The third-order valence-corrected chi connectivity index (χ3v) is 2.80. The van der Waals surface area contributed by atoms with Crippen molar-refractivity contribution in [3.05, 3.63) is 40.4 Å². The Balaban J connectivity index is 1.89. The number of anilines is 1. The SMILES string of the molecule is O=C(CCc1ccc(Br)cc1F)Nc1ncn[nH]1. The van der Waals surface area contributed by atoms with E-state index in [4.69, 9.17) is 0 Å². The summed E-state index contributed by atoms with van der Waals surface area (Å²) in [6, 6.07) is 4.78. The Morgan fingerprint density at radius 2 is 2.33 bits per heavy atom. The summed E-state index contributed by atoms with van der Waals surface area (Å²) < 4.78 is 14.2. The standard InChI is InChI=1S/C11H10BrFN4O/c12-8-3-1-7(9(13)5-8)2-4-10(18)16-11-14-6-15-17-11/h1,3,5-6H,2,4H2,(H2,14,15,16,17,18). The number of hydrogen-bond donors (Lipinski definition) is 2. The molecule has 2 N–H and O–H groups in total. The van der Waals surface area contributed by atoms with Crippen LogP contribution in [0.25, 0.3) is 0 Å². The van der Waals surface area contributed by atoms with Gasteiger partial charge in [0.05, 0.1) is 0 Å². The smallest absolute Gasteiger partial charge is 0.227 e. The van der Waals surface area contributed by atoms with Gasteiger partial charge in [-0.1, -0.05) is 22.0 Å². The van der Waals surface area contributed by atoms with Gasteiger partial charge in [0.15, 0.2) is 0 Å². The van der Waals surface area contributed by atoms with Gasteiger partial charge in [0, 0.05) is 10.9 Å². The fourth-order valence-corrected chi connectivity index (χ4v) is 1.77. The van der Waals surface area contributed by atoms with Gasteiger partial charge in [-0.05, 0) is 24.1 Å². The number of carbonyl (C=O) groups excluding carboxylic acids is 1. The molecule has 0 aliphatic carbocycles. The quantitative estimate of drug-likeness (QED) is 0.910. The molecule has 0 unspecified atom stereocenters. The fraction of sp³-hybridized carbons (Fsp3) is 0.182. The number of halogens is 2. The van der Waals surface area contributed by atoms with Gasteiger partial charge in [-0.15, -0.1) is 0 Å². The van der Waals surface area contributed by atoms with Crippen molar-refractivity contribution in [3.8, 4) is 0 Å². The number of amides is 1. The van der Waals surface area contributed by atoms with Crippen LogP contribution in [0.4, 0.5) is 10.3 Å². The average molecular weight is 313 g/mol. The fourth-order valence-electron chi connectivity index (χ4n) is 1.43. The second-order valence-electron chi connectivity index (χ2n) is 3.62. The van der Waals surface area contributed by atoms with Crippen LogP contribution in [0, 0.1) is 5.82 Å². The van der Waals surface area contributed by atoms with Gasteiger partial charge in [-0.2, -0.15) is 10.1 Å². The highest BCUT2D eigenvalue weighted by Crippen LogP contribution is 2.16. The Hall–Kier alpha value is -1.76. The number of carbonyl (C=O) groups is 1. The van der Waals surface area contributed by atoms with Gasteiger partial charge in [0.2, 0.25) is 11.9 Å². The molecule has 1 aromatic heterocycles. The zero-order chi connectivity index (χ0) is 13.0. The Kier molecular flexibility index (Phi) is 4.03. The lowest BCUT2D eigenvalue weighted by Crippen LogP contribution is -2.13. The van der Waals surface area contributed by atoms with E-state index in [1.54, 1.807) is 12.1 Å². The molecule has 1 aromatic carbocycles. The Labute approximate surface area is 111 Å². The summed E-state index contributed by atoms with van der Waals surface area (Å²) in [7, 11) is 0. The molecule has 1 heterocycles. The summed E-state index contributed by atoms with van der Waals surface area (Å²) in [5, 5.41) is 8.64. The number of benzene rings is 1. The molecule has 94 valence electrons. The van der Waals surface area contributed by atoms with Crippen LogP contribution in [0.1, 0.15) is 12.0 Å². The summed E-state index contributed by atoms with van der Waals surface area (Å²) in [4.78, 5) is 15.3. The lowest BCUT2D eigenvalue weighted by Gasteiger charge is -2.04. The van der Waals surface area contributed by atoms with Gasteiger partial charge < -0.3 is 0 Å². The van der Waals surface area contributed by atoms with Crippen molar-refractivity contribution >= 4 is 27.8 Å². The van der Waals surface area contributed by atoms with Crippen molar-refractivity contribution < 1.29 is 9.18 Å². The maximum Gasteiger partial charge on any atom is 0.227 e. The highest BCUT2D eigenvalue weighted by molar-refractivity contribution is 9.10. The van der Waals surface area contributed by atoms with E-state index in [1.165, 1.54) is 12.4 Å². The molecule has 7 heteroatoms. The molecule has 0 aliphatic rings. The molecule has 0 bridgehead atoms. The topological polar surface area (TPSA) is 70.7 Å². The van der Waals surface area contributed by atoms with Crippen LogP contribution < -0.4 is 5.32 Å². The lowest BCUT2D eigenvalue weighted by molar-refractivity contribution is -0.116. The maximum absolute atomic E-state index is 13.5. The number of rotatable bonds is 4. The first-order valence-electron chi connectivity index (χ1n) is 5.24. The van der Waals surface area contributed by atoms with Crippen molar-refractivity contribution in [2.45, 2.75) is 12.8 Å². The van der Waals surface area contributed by atoms with E-state index in [2.05, 4.69) is 36.4 Å². The van der Waals surface area contributed by atoms with E-state index >= 15 is 0 Å². The van der Waals surface area contributed by atoms with Gasteiger partial charge in [0.1, 0.15) is 12.1 Å². The Bertz CT molecular complexity index is 544. The number of aromatic nitrogens is 3. The van der Waals surface area contributed by atoms with E-state index in [9.17, 15) is 9.18 Å². The number of H-pyrrole nitrogens is 1. The second kappa shape index (κ2) is 5.72. The van der Waals surface area contributed by atoms with Crippen LogP contribution >= 0.6 is 15.9 Å². The van der Waals surface area contributed by atoms with Crippen molar-refractivity contribution in [1.82, 2.24) is 15.2 Å². The first-order chi connectivity index (χ1) is 8.65. The van der Waals surface area contributed by atoms with E-state index < -0.39 is 0 Å². The van der Waals surface area contributed by atoms with E-state index in [0.717, 1.165) is 0 Å². The van der Waals surface area contributed by atoms with Gasteiger partial charge in [-0.25, -0.2) is 9.49 Å². The normalized spacial score (nSPS) is 10.3. The lowest BCUT2D eigenvalue weighted by atomic mass is 10.1. The van der Waals surface area contributed by atoms with Crippen LogP contribution in [0.2, 0.25) is 0 Å². The number of hydrogen-bond acceptors (Lipinski definition) is 3. The number of aryl methyl sites for hydroxylation is 1. The minimum Gasteiger partial charge on any atom is -0.295 e. The molecular weight excluding hydrogens is 303 g/mol. The summed E-state index contributed by atoms with van der Waals surface area (Å²) in [5.74, 6) is -0.276. The molecule has 18 heavy (non-hydrogen) atoms. The molecule has 0 atom stereocenters. The summed E-state index contributed by atoms with van der Waals surface area (Å²) in [6.07, 6.45) is 1.81. The largest absolute Gasteiger partial charge is 0.295 e. The molecule has 0 saturated heterocycles. The van der Waals surface area contributed by atoms with Crippen LogP contribution in [-0.4, -0.2) is 21.1 Å². The van der Waals surface area contributed by atoms with Crippen molar-refractivity contribution in [1.29, 1.82) is 0 Å². The minimum atomic E-state index is -0.322. The van der Waals surface area contributed by atoms with E-state index in [-0.39, 0.29) is 24.1 Å². The predicted octanol–water partition coefficient (Wildman–Crippen LogP) is 2.28. The Morgan fingerprint density at radius 3 is 3.00 bits per heavy atom. The molecule has 0 aliphatic heterocycles. The zero-order valence-electron chi connectivity index (χ0n) is 9.28. The predicted molar refractivity (Wildman–Crippen MR) is 67.4 cm³/mol. The van der Waals surface area contributed by atoms with Gasteiger partial charge in [-0.3, -0.25) is 10.1 Å². The zero-order valence-corrected chi connectivity index (χ0v) is 10.9. The second-order valence-corrected chi connectivity index (χ2v) is 4.53. The Morgan fingerprint density at radius 1 is 1.50 bits per heavy atom. The van der Waals surface area contributed by atoms with Crippen molar-refractivity contribution in [2.24, 2.45) is 0 Å². The third-order valence-electron chi connectivity index (χ3n) is 2.31. The minimum absolute atomic E-state index is 0.180. The summed E-state index contributed by atoms with van der Waals surface area (Å²) in [5.41, 5.74) is 0.505. The molecule has 0 spiro atoms.